The van der Waals surface area contributed by atoms with Crippen LogP contribution in [0.3, 0.4) is 0 Å². The summed E-state index contributed by atoms with van der Waals surface area (Å²) < 4.78 is 28.0. The van der Waals surface area contributed by atoms with E-state index in [0.717, 1.165) is 0 Å². The summed E-state index contributed by atoms with van der Waals surface area (Å²) in [5.74, 6) is -1.19. The van der Waals surface area contributed by atoms with Crippen LogP contribution in [0.25, 0.3) is 5.65 Å². The molecule has 1 aromatic carbocycles. The molecule has 0 aliphatic rings. The molecule has 126 valence electrons. The van der Waals surface area contributed by atoms with E-state index in [1.165, 1.54) is 23.0 Å². The van der Waals surface area contributed by atoms with Gasteiger partial charge in [-0.05, 0) is 24.6 Å². The van der Waals surface area contributed by atoms with Crippen molar-refractivity contribution in [2.24, 2.45) is 0 Å². The monoisotopic (exact) mass is 355 g/mol. The summed E-state index contributed by atoms with van der Waals surface area (Å²) >= 11 is 0. The van der Waals surface area contributed by atoms with E-state index in [-0.39, 0.29) is 5.56 Å². The number of sulfonamides is 1. The molecule has 25 heavy (non-hydrogen) atoms. The van der Waals surface area contributed by atoms with Gasteiger partial charge in [-0.3, -0.25) is 4.79 Å². The van der Waals surface area contributed by atoms with Crippen LogP contribution >= 0.6 is 0 Å². The van der Waals surface area contributed by atoms with Crippen LogP contribution in [-0.2, 0) is 15.8 Å². The molecule has 0 unspecified atom stereocenters. The molecule has 2 aromatic heterocycles. The van der Waals surface area contributed by atoms with Gasteiger partial charge >= 0.3 is 0 Å². The number of carbonyl (C=O) groups is 1. The van der Waals surface area contributed by atoms with Crippen molar-refractivity contribution in [2.45, 2.75) is 12.7 Å². The van der Waals surface area contributed by atoms with Gasteiger partial charge in [-0.1, -0.05) is 12.1 Å². The van der Waals surface area contributed by atoms with Crippen molar-refractivity contribution < 1.29 is 13.2 Å². The number of carbonyl (C=O) groups excluding carboxylic acids is 1. The van der Waals surface area contributed by atoms with Crippen molar-refractivity contribution in [1.29, 1.82) is 5.26 Å². The predicted octanol–water partition coefficient (Wildman–Crippen LogP) is 1.17. The number of nitriles is 1. The third kappa shape index (κ3) is 3.49. The Morgan fingerprint density at radius 1 is 1.36 bits per heavy atom. The highest BCUT2D eigenvalue weighted by atomic mass is 32.2. The number of hydrogen-bond acceptors (Lipinski definition) is 6. The smallest absolute Gasteiger partial charge is 0.268 e. The number of aromatic nitrogens is 3. The Labute approximate surface area is 143 Å². The molecule has 2 heterocycles. The van der Waals surface area contributed by atoms with E-state index in [1.807, 2.05) is 10.8 Å². The zero-order chi connectivity index (χ0) is 18.0. The molecule has 0 saturated heterocycles. The first kappa shape index (κ1) is 16.6. The lowest BCUT2D eigenvalue weighted by molar-refractivity contribution is 0.0980. The van der Waals surface area contributed by atoms with Gasteiger partial charge in [0.1, 0.15) is 0 Å². The molecule has 0 bridgehead atoms. The molecular weight excluding hydrogens is 342 g/mol. The van der Waals surface area contributed by atoms with E-state index in [0.29, 0.717) is 22.5 Å². The number of rotatable bonds is 4. The minimum Gasteiger partial charge on any atom is -0.268 e. The Kier molecular flexibility index (Phi) is 4.21. The quantitative estimate of drug-likeness (QED) is 0.751. The highest BCUT2D eigenvalue weighted by Gasteiger charge is 2.20. The molecule has 3 rings (SSSR count). The molecule has 0 spiro atoms. The van der Waals surface area contributed by atoms with Crippen molar-refractivity contribution in [3.8, 4) is 6.07 Å². The standard InChI is InChI=1S/C16H13N5O3S/c1-11-14(9-18-15-5-6-19-21(11)15)16(22)20-25(23,24)10-13-4-2-3-12(7-13)8-17/h2-7,9H,10H2,1H3,(H,20,22). The van der Waals surface area contributed by atoms with E-state index < -0.39 is 21.7 Å². The van der Waals surface area contributed by atoms with E-state index in [4.69, 9.17) is 5.26 Å². The van der Waals surface area contributed by atoms with Crippen molar-refractivity contribution in [1.82, 2.24) is 19.3 Å². The SMILES string of the molecule is Cc1c(C(=O)NS(=O)(=O)Cc2cccc(C#N)c2)cnc2ccnn12. The fourth-order valence-electron chi connectivity index (χ4n) is 2.40. The van der Waals surface area contributed by atoms with Gasteiger partial charge in [-0.2, -0.15) is 10.4 Å². The summed E-state index contributed by atoms with van der Waals surface area (Å²) in [4.78, 5) is 16.4. The summed E-state index contributed by atoms with van der Waals surface area (Å²) in [7, 11) is -3.93. The maximum absolute atomic E-state index is 12.3. The third-order valence-electron chi connectivity index (χ3n) is 3.56. The summed E-state index contributed by atoms with van der Waals surface area (Å²) in [6.07, 6.45) is 2.85. The largest absolute Gasteiger partial charge is 0.268 e. The lowest BCUT2D eigenvalue weighted by atomic mass is 10.2. The predicted molar refractivity (Wildman–Crippen MR) is 89.0 cm³/mol. The topological polar surface area (TPSA) is 117 Å². The van der Waals surface area contributed by atoms with E-state index in [2.05, 4.69) is 10.1 Å². The molecule has 9 heteroatoms. The fourth-order valence-corrected chi connectivity index (χ4v) is 3.48. The number of fused-ring (bicyclic) bond motifs is 1. The van der Waals surface area contributed by atoms with Crippen LogP contribution in [-0.4, -0.2) is 28.9 Å². The number of aryl methyl sites for hydroxylation is 1. The molecule has 1 amide bonds. The lowest BCUT2D eigenvalue weighted by Gasteiger charge is -2.09. The zero-order valence-electron chi connectivity index (χ0n) is 13.2. The maximum atomic E-state index is 12.3. The average Bonchev–Trinajstić information content (AvgIpc) is 3.03. The molecule has 0 atom stereocenters. The normalized spacial score (nSPS) is 11.2. The average molecular weight is 355 g/mol. The summed E-state index contributed by atoms with van der Waals surface area (Å²) in [5, 5.41) is 12.9. The highest BCUT2D eigenvalue weighted by molar-refractivity contribution is 7.89. The van der Waals surface area contributed by atoms with E-state index >= 15 is 0 Å². The number of nitrogens with zero attached hydrogens (tertiary/aromatic N) is 4. The summed E-state index contributed by atoms with van der Waals surface area (Å²) in [6.45, 7) is 1.65. The Morgan fingerprint density at radius 3 is 2.92 bits per heavy atom. The number of benzene rings is 1. The van der Waals surface area contributed by atoms with Crippen LogP contribution < -0.4 is 4.72 Å². The molecule has 0 aliphatic heterocycles. The molecule has 8 nitrogen and oxygen atoms in total. The molecule has 0 aliphatic carbocycles. The summed E-state index contributed by atoms with van der Waals surface area (Å²) in [5.41, 5.74) is 1.92. The van der Waals surface area contributed by atoms with Crippen LogP contribution in [0, 0.1) is 18.3 Å². The Hall–Kier alpha value is -3.25. The first-order valence-corrected chi connectivity index (χ1v) is 8.88. The number of hydrogen-bond donors (Lipinski definition) is 1. The Balaban J connectivity index is 1.83. The first-order valence-electron chi connectivity index (χ1n) is 7.23. The van der Waals surface area contributed by atoms with Gasteiger partial charge in [-0.25, -0.2) is 22.6 Å². The highest BCUT2D eigenvalue weighted by Crippen LogP contribution is 2.11. The van der Waals surface area contributed by atoms with Crippen LogP contribution in [0.5, 0.6) is 0 Å². The second-order valence-corrected chi connectivity index (χ2v) is 7.08. The molecular formula is C16H13N5O3S. The van der Waals surface area contributed by atoms with Crippen LogP contribution in [0.1, 0.15) is 27.2 Å². The molecule has 1 N–H and O–H groups in total. The number of amides is 1. The second-order valence-electron chi connectivity index (χ2n) is 5.36. The summed E-state index contributed by atoms with van der Waals surface area (Å²) in [6, 6.07) is 9.82. The zero-order valence-corrected chi connectivity index (χ0v) is 14.0. The molecule has 3 aromatic rings. The lowest BCUT2D eigenvalue weighted by Crippen LogP contribution is -2.32. The van der Waals surface area contributed by atoms with Gasteiger partial charge in [0.25, 0.3) is 5.91 Å². The van der Waals surface area contributed by atoms with Crippen LogP contribution in [0.15, 0.2) is 42.7 Å². The van der Waals surface area contributed by atoms with Crippen molar-refractivity contribution in [3.63, 3.8) is 0 Å². The molecule has 0 radical (unpaired) electrons. The van der Waals surface area contributed by atoms with Gasteiger partial charge in [0.15, 0.2) is 5.65 Å². The van der Waals surface area contributed by atoms with E-state index in [1.54, 1.807) is 31.2 Å². The minimum absolute atomic E-state index is 0.116. The first-order chi connectivity index (χ1) is 11.9. The molecule has 0 saturated carbocycles. The van der Waals surface area contributed by atoms with E-state index in [9.17, 15) is 13.2 Å². The Bertz CT molecular complexity index is 1110. The Morgan fingerprint density at radius 2 is 2.16 bits per heavy atom. The number of nitrogens with one attached hydrogen (secondary N) is 1. The maximum Gasteiger partial charge on any atom is 0.268 e. The second kappa shape index (κ2) is 6.33. The minimum atomic E-state index is -3.93. The van der Waals surface area contributed by atoms with Crippen LogP contribution in [0.2, 0.25) is 0 Å². The van der Waals surface area contributed by atoms with Gasteiger partial charge in [0.2, 0.25) is 10.0 Å². The van der Waals surface area contributed by atoms with Gasteiger partial charge in [0, 0.05) is 12.3 Å². The molecule has 0 fully saturated rings. The van der Waals surface area contributed by atoms with Crippen molar-refractivity contribution in [3.05, 3.63) is 65.1 Å². The van der Waals surface area contributed by atoms with Gasteiger partial charge in [-0.15, -0.1) is 0 Å². The fraction of sp³-hybridized carbons (Fsp3) is 0.125. The van der Waals surface area contributed by atoms with Crippen LogP contribution in [0.4, 0.5) is 0 Å². The third-order valence-corrected chi connectivity index (χ3v) is 4.77. The van der Waals surface area contributed by atoms with Gasteiger partial charge in [0.05, 0.1) is 34.8 Å². The van der Waals surface area contributed by atoms with Crippen molar-refractivity contribution in [2.75, 3.05) is 0 Å². The van der Waals surface area contributed by atoms with Gasteiger partial charge < -0.3 is 0 Å². The van der Waals surface area contributed by atoms with Crippen molar-refractivity contribution >= 4 is 21.6 Å².